The topological polar surface area (TPSA) is 17.1 Å². The molecule has 13 heavy (non-hydrogen) atoms. The molecule has 1 nitrogen and oxygen atoms in total. The number of benzene rings is 1. The quantitative estimate of drug-likeness (QED) is 0.689. The molecule has 1 heteroatoms. The van der Waals surface area contributed by atoms with Gasteiger partial charge in [-0.25, -0.2) is 0 Å². The largest absolute Gasteiger partial charge is 0.299 e. The van der Waals surface area contributed by atoms with Crippen molar-refractivity contribution < 1.29 is 4.79 Å². The third kappa shape index (κ3) is 3.02. The molecular weight excluding hydrogens is 160 g/mol. The van der Waals surface area contributed by atoms with Crippen LogP contribution in [0.1, 0.15) is 25.8 Å². The molecule has 0 N–H and O–H groups in total. The summed E-state index contributed by atoms with van der Waals surface area (Å²) in [4.78, 5) is 11.3. The summed E-state index contributed by atoms with van der Waals surface area (Å²) in [6.07, 6.45) is 1.52. The van der Waals surface area contributed by atoms with E-state index in [1.54, 1.807) is 0 Å². The van der Waals surface area contributed by atoms with Crippen molar-refractivity contribution >= 4 is 5.78 Å². The van der Waals surface area contributed by atoms with E-state index in [0.717, 1.165) is 6.42 Å². The second kappa shape index (κ2) is 4.80. The first-order valence-electron chi connectivity index (χ1n) is 4.80. The van der Waals surface area contributed by atoms with Gasteiger partial charge in [-0.3, -0.25) is 4.79 Å². The fourth-order valence-electron chi connectivity index (χ4n) is 1.43. The Bertz CT molecular complexity index is 264. The van der Waals surface area contributed by atoms with Crippen molar-refractivity contribution in [3.63, 3.8) is 0 Å². The summed E-state index contributed by atoms with van der Waals surface area (Å²) in [7, 11) is 0. The third-order valence-corrected chi connectivity index (χ3v) is 2.28. The lowest BCUT2D eigenvalue weighted by Crippen LogP contribution is -2.12. The van der Waals surface area contributed by atoms with Crippen molar-refractivity contribution in [3.8, 4) is 0 Å². The summed E-state index contributed by atoms with van der Waals surface area (Å²) in [5, 5.41) is 0. The van der Waals surface area contributed by atoms with E-state index in [1.807, 2.05) is 32.0 Å². The highest BCUT2D eigenvalue weighted by atomic mass is 16.1. The molecule has 0 unspecified atom stereocenters. The molecule has 0 amide bonds. The summed E-state index contributed by atoms with van der Waals surface area (Å²) < 4.78 is 0. The molecule has 0 saturated carbocycles. The number of carbonyl (C=O) groups is 1. The second-order valence-electron chi connectivity index (χ2n) is 3.41. The van der Waals surface area contributed by atoms with Crippen molar-refractivity contribution in [2.45, 2.75) is 26.7 Å². The molecule has 0 heterocycles. The fraction of sp³-hybridized carbons (Fsp3) is 0.417. The molecular formula is C12H16O. The molecule has 0 bridgehead atoms. The minimum atomic E-state index is 0.160. The van der Waals surface area contributed by atoms with Crippen LogP contribution in [-0.2, 0) is 11.2 Å². The van der Waals surface area contributed by atoms with E-state index >= 15 is 0 Å². The Balaban J connectivity index is 2.55. The second-order valence-corrected chi connectivity index (χ2v) is 3.41. The Hall–Kier alpha value is -1.11. The SMILES string of the molecule is CCC(=O)[C@H](C)Cc1ccccc1. The third-order valence-electron chi connectivity index (χ3n) is 2.28. The summed E-state index contributed by atoms with van der Waals surface area (Å²) in [6.45, 7) is 3.92. The van der Waals surface area contributed by atoms with Gasteiger partial charge in [0.15, 0.2) is 0 Å². The molecule has 0 radical (unpaired) electrons. The van der Waals surface area contributed by atoms with Crippen LogP contribution in [0.25, 0.3) is 0 Å². The minimum absolute atomic E-state index is 0.160. The predicted molar refractivity (Wildman–Crippen MR) is 54.6 cm³/mol. The molecule has 1 rings (SSSR count). The molecule has 0 aliphatic carbocycles. The molecule has 0 fully saturated rings. The summed E-state index contributed by atoms with van der Waals surface area (Å²) in [5.74, 6) is 0.510. The van der Waals surface area contributed by atoms with Gasteiger partial charge in [0.05, 0.1) is 0 Å². The molecule has 0 saturated heterocycles. The van der Waals surface area contributed by atoms with Crippen molar-refractivity contribution in [3.05, 3.63) is 35.9 Å². The fourth-order valence-corrected chi connectivity index (χ4v) is 1.43. The zero-order valence-corrected chi connectivity index (χ0v) is 8.29. The number of hydrogen-bond acceptors (Lipinski definition) is 1. The average molecular weight is 176 g/mol. The molecule has 0 aliphatic rings. The number of rotatable bonds is 4. The van der Waals surface area contributed by atoms with Crippen LogP contribution < -0.4 is 0 Å². The van der Waals surface area contributed by atoms with Crippen molar-refractivity contribution in [1.29, 1.82) is 0 Å². The molecule has 1 atom stereocenters. The van der Waals surface area contributed by atoms with E-state index in [9.17, 15) is 4.79 Å². The predicted octanol–water partition coefficient (Wildman–Crippen LogP) is 2.84. The van der Waals surface area contributed by atoms with Gasteiger partial charge in [0.2, 0.25) is 0 Å². The van der Waals surface area contributed by atoms with Crippen LogP contribution in [0.2, 0.25) is 0 Å². The molecule has 0 aliphatic heterocycles. The number of ketones is 1. The smallest absolute Gasteiger partial charge is 0.135 e. The van der Waals surface area contributed by atoms with Gasteiger partial charge >= 0.3 is 0 Å². The van der Waals surface area contributed by atoms with Gasteiger partial charge in [-0.2, -0.15) is 0 Å². The van der Waals surface area contributed by atoms with Crippen molar-refractivity contribution in [2.75, 3.05) is 0 Å². The van der Waals surface area contributed by atoms with Gasteiger partial charge in [-0.1, -0.05) is 44.2 Å². The van der Waals surface area contributed by atoms with Gasteiger partial charge in [0.25, 0.3) is 0 Å². The monoisotopic (exact) mass is 176 g/mol. The number of Topliss-reactive ketones (excluding diaryl/α,β-unsaturated/α-hetero) is 1. The maximum Gasteiger partial charge on any atom is 0.135 e. The van der Waals surface area contributed by atoms with Crippen LogP contribution >= 0.6 is 0 Å². The van der Waals surface area contributed by atoms with E-state index in [0.29, 0.717) is 12.2 Å². The Morgan fingerprint density at radius 2 is 1.92 bits per heavy atom. The highest BCUT2D eigenvalue weighted by Gasteiger charge is 2.10. The maximum absolute atomic E-state index is 11.3. The Morgan fingerprint density at radius 1 is 1.31 bits per heavy atom. The van der Waals surface area contributed by atoms with Crippen molar-refractivity contribution in [1.82, 2.24) is 0 Å². The van der Waals surface area contributed by atoms with E-state index in [-0.39, 0.29) is 5.92 Å². The standard InChI is InChI=1S/C12H16O/c1-3-12(13)10(2)9-11-7-5-4-6-8-11/h4-8,10H,3,9H2,1-2H3/t10-/m1/s1. The van der Waals surface area contributed by atoms with Gasteiger partial charge in [-0.15, -0.1) is 0 Å². The lowest BCUT2D eigenvalue weighted by Gasteiger charge is -2.08. The van der Waals surface area contributed by atoms with Crippen LogP contribution in [0.3, 0.4) is 0 Å². The van der Waals surface area contributed by atoms with Crippen LogP contribution in [0.15, 0.2) is 30.3 Å². The first-order valence-corrected chi connectivity index (χ1v) is 4.80. The van der Waals surface area contributed by atoms with E-state index in [2.05, 4.69) is 12.1 Å². The highest BCUT2D eigenvalue weighted by molar-refractivity contribution is 5.80. The average Bonchev–Trinajstić information content (AvgIpc) is 2.18. The first kappa shape index (κ1) is 9.97. The van der Waals surface area contributed by atoms with E-state index < -0.39 is 0 Å². The van der Waals surface area contributed by atoms with Crippen LogP contribution in [-0.4, -0.2) is 5.78 Å². The van der Waals surface area contributed by atoms with Crippen LogP contribution in [0, 0.1) is 5.92 Å². The number of carbonyl (C=O) groups excluding carboxylic acids is 1. The Kier molecular flexibility index (Phi) is 3.69. The van der Waals surface area contributed by atoms with Crippen molar-refractivity contribution in [2.24, 2.45) is 5.92 Å². The zero-order chi connectivity index (χ0) is 9.68. The Morgan fingerprint density at radius 3 is 2.46 bits per heavy atom. The van der Waals surface area contributed by atoms with Crippen LogP contribution in [0.4, 0.5) is 0 Å². The van der Waals surface area contributed by atoms with Gasteiger partial charge in [-0.05, 0) is 12.0 Å². The summed E-state index contributed by atoms with van der Waals surface area (Å²) in [5.41, 5.74) is 1.25. The maximum atomic E-state index is 11.3. The van der Waals surface area contributed by atoms with Gasteiger partial charge in [0, 0.05) is 12.3 Å². The molecule has 0 spiro atoms. The highest BCUT2D eigenvalue weighted by Crippen LogP contribution is 2.10. The lowest BCUT2D eigenvalue weighted by molar-refractivity contribution is -0.122. The molecule has 70 valence electrons. The van der Waals surface area contributed by atoms with Gasteiger partial charge in [0.1, 0.15) is 5.78 Å². The molecule has 1 aromatic carbocycles. The first-order chi connectivity index (χ1) is 6.24. The number of hydrogen-bond donors (Lipinski definition) is 0. The Labute approximate surface area is 79.8 Å². The lowest BCUT2D eigenvalue weighted by atomic mass is 9.96. The van der Waals surface area contributed by atoms with Gasteiger partial charge < -0.3 is 0 Å². The summed E-state index contributed by atoms with van der Waals surface area (Å²) >= 11 is 0. The summed E-state index contributed by atoms with van der Waals surface area (Å²) in [6, 6.07) is 10.2. The van der Waals surface area contributed by atoms with E-state index in [4.69, 9.17) is 0 Å². The normalized spacial score (nSPS) is 12.5. The van der Waals surface area contributed by atoms with E-state index in [1.165, 1.54) is 5.56 Å². The van der Waals surface area contributed by atoms with Crippen LogP contribution in [0.5, 0.6) is 0 Å². The minimum Gasteiger partial charge on any atom is -0.299 e. The molecule has 0 aromatic heterocycles. The molecule has 1 aromatic rings. The zero-order valence-electron chi connectivity index (χ0n) is 8.29.